The SMILES string of the molecule is O=C(Nc1ccccc1)ON=CCc1ccc(-c2cccs2)cc1. The van der Waals surface area contributed by atoms with Crippen molar-refractivity contribution in [3.05, 3.63) is 77.7 Å². The fourth-order valence-corrected chi connectivity index (χ4v) is 2.87. The van der Waals surface area contributed by atoms with Crippen molar-refractivity contribution in [1.82, 2.24) is 0 Å². The van der Waals surface area contributed by atoms with Gasteiger partial charge in [-0.15, -0.1) is 11.3 Å². The van der Waals surface area contributed by atoms with Gasteiger partial charge in [0.25, 0.3) is 0 Å². The van der Waals surface area contributed by atoms with Crippen molar-refractivity contribution < 1.29 is 9.63 Å². The maximum absolute atomic E-state index is 11.6. The Hall–Kier alpha value is -2.92. The van der Waals surface area contributed by atoms with Crippen molar-refractivity contribution in [3.63, 3.8) is 0 Å². The van der Waals surface area contributed by atoms with Crippen LogP contribution in [0.4, 0.5) is 10.5 Å². The van der Waals surface area contributed by atoms with Crippen molar-refractivity contribution in [2.45, 2.75) is 6.42 Å². The molecule has 0 fully saturated rings. The molecular weight excluding hydrogens is 320 g/mol. The van der Waals surface area contributed by atoms with Crippen LogP contribution in [0.3, 0.4) is 0 Å². The van der Waals surface area contributed by atoms with Gasteiger partial charge in [-0.25, -0.2) is 4.79 Å². The molecule has 1 amide bonds. The summed E-state index contributed by atoms with van der Waals surface area (Å²) < 4.78 is 0. The molecule has 3 aromatic rings. The standard InChI is InChI=1S/C19H16N2O2S/c22-19(21-17-5-2-1-3-6-17)23-20-13-12-15-8-10-16(11-9-15)18-7-4-14-24-18/h1-11,13-14H,12H2,(H,21,22). The van der Waals surface area contributed by atoms with Gasteiger partial charge in [-0.05, 0) is 34.7 Å². The smallest absolute Gasteiger partial charge is 0.298 e. The third kappa shape index (κ3) is 4.54. The Morgan fingerprint density at radius 1 is 1.04 bits per heavy atom. The van der Waals surface area contributed by atoms with E-state index in [9.17, 15) is 4.79 Å². The number of hydrogen-bond donors (Lipinski definition) is 1. The molecule has 5 heteroatoms. The van der Waals surface area contributed by atoms with Gasteiger partial charge in [-0.3, -0.25) is 10.2 Å². The number of carbonyl (C=O) groups excluding carboxylic acids is 1. The number of para-hydroxylation sites is 1. The molecule has 0 saturated carbocycles. The Morgan fingerprint density at radius 2 is 1.83 bits per heavy atom. The molecule has 120 valence electrons. The highest BCUT2D eigenvalue weighted by Crippen LogP contribution is 2.24. The van der Waals surface area contributed by atoms with Crippen LogP contribution in [0.5, 0.6) is 0 Å². The highest BCUT2D eigenvalue weighted by molar-refractivity contribution is 7.13. The predicted octanol–water partition coefficient (Wildman–Crippen LogP) is 5.19. The molecule has 0 atom stereocenters. The van der Waals surface area contributed by atoms with E-state index in [1.54, 1.807) is 29.7 Å². The van der Waals surface area contributed by atoms with Gasteiger partial charge in [-0.2, -0.15) is 0 Å². The number of anilines is 1. The van der Waals surface area contributed by atoms with Crippen molar-refractivity contribution in [2.24, 2.45) is 5.16 Å². The Kier molecular flexibility index (Phi) is 5.37. The van der Waals surface area contributed by atoms with Crippen LogP contribution in [0.2, 0.25) is 0 Å². The van der Waals surface area contributed by atoms with Crippen LogP contribution >= 0.6 is 11.3 Å². The highest BCUT2D eigenvalue weighted by atomic mass is 32.1. The van der Waals surface area contributed by atoms with Crippen LogP contribution < -0.4 is 5.32 Å². The fourth-order valence-electron chi connectivity index (χ4n) is 2.14. The summed E-state index contributed by atoms with van der Waals surface area (Å²) in [6, 6.07) is 21.5. The third-order valence-electron chi connectivity index (χ3n) is 3.32. The van der Waals surface area contributed by atoms with E-state index in [1.807, 2.05) is 36.4 Å². The molecule has 0 unspecified atom stereocenters. The summed E-state index contributed by atoms with van der Waals surface area (Å²) in [5.41, 5.74) is 2.97. The van der Waals surface area contributed by atoms with E-state index < -0.39 is 6.09 Å². The van der Waals surface area contributed by atoms with Gasteiger partial charge in [0.2, 0.25) is 0 Å². The van der Waals surface area contributed by atoms with Crippen LogP contribution in [-0.2, 0) is 11.3 Å². The van der Waals surface area contributed by atoms with Crippen molar-refractivity contribution in [3.8, 4) is 10.4 Å². The zero-order valence-corrected chi connectivity index (χ0v) is 13.7. The lowest BCUT2D eigenvalue weighted by atomic mass is 10.1. The number of hydrogen-bond acceptors (Lipinski definition) is 4. The molecule has 0 spiro atoms. The maximum Gasteiger partial charge on any atom is 0.437 e. The fraction of sp³-hybridized carbons (Fsp3) is 0.0526. The van der Waals surface area contributed by atoms with Gasteiger partial charge in [0, 0.05) is 23.2 Å². The molecular formula is C19H16N2O2S. The second kappa shape index (κ2) is 8.08. The van der Waals surface area contributed by atoms with E-state index in [0.717, 1.165) is 5.56 Å². The Morgan fingerprint density at radius 3 is 2.54 bits per heavy atom. The second-order valence-corrected chi connectivity index (χ2v) is 5.98. The molecule has 1 aromatic heterocycles. The minimum absolute atomic E-state index is 0.601. The summed E-state index contributed by atoms with van der Waals surface area (Å²) in [6.45, 7) is 0. The largest absolute Gasteiger partial charge is 0.437 e. The third-order valence-corrected chi connectivity index (χ3v) is 4.24. The summed E-state index contributed by atoms with van der Waals surface area (Å²) in [7, 11) is 0. The molecule has 1 heterocycles. The van der Waals surface area contributed by atoms with Crippen LogP contribution in [0.1, 0.15) is 5.56 Å². The average molecular weight is 336 g/mol. The van der Waals surface area contributed by atoms with Crippen LogP contribution in [0.25, 0.3) is 10.4 Å². The first-order valence-corrected chi connectivity index (χ1v) is 8.37. The molecule has 0 saturated heterocycles. The van der Waals surface area contributed by atoms with Crippen LogP contribution in [0, 0.1) is 0 Å². The van der Waals surface area contributed by atoms with Gasteiger partial charge in [0.05, 0.1) is 0 Å². The first kappa shape index (κ1) is 16.0. The second-order valence-electron chi connectivity index (χ2n) is 5.04. The molecule has 0 bridgehead atoms. The lowest BCUT2D eigenvalue weighted by molar-refractivity contribution is 0.167. The maximum atomic E-state index is 11.6. The highest BCUT2D eigenvalue weighted by Gasteiger charge is 2.01. The summed E-state index contributed by atoms with van der Waals surface area (Å²) in [6.07, 6.45) is 1.57. The van der Waals surface area contributed by atoms with Gasteiger partial charge < -0.3 is 0 Å². The van der Waals surface area contributed by atoms with Gasteiger partial charge in [0.1, 0.15) is 0 Å². The van der Waals surface area contributed by atoms with Crippen LogP contribution in [-0.4, -0.2) is 12.3 Å². The van der Waals surface area contributed by atoms with Gasteiger partial charge >= 0.3 is 6.09 Å². The zero-order valence-electron chi connectivity index (χ0n) is 12.9. The minimum Gasteiger partial charge on any atom is -0.298 e. The van der Waals surface area contributed by atoms with Crippen molar-refractivity contribution >= 4 is 29.3 Å². The van der Waals surface area contributed by atoms with E-state index in [-0.39, 0.29) is 0 Å². The summed E-state index contributed by atoms with van der Waals surface area (Å²) in [5.74, 6) is 0. The topological polar surface area (TPSA) is 50.7 Å². The molecule has 0 aliphatic carbocycles. The Balaban J connectivity index is 1.47. The first-order chi connectivity index (χ1) is 11.8. The van der Waals surface area contributed by atoms with Crippen LogP contribution in [0.15, 0.2) is 77.3 Å². The molecule has 1 N–H and O–H groups in total. The lowest BCUT2D eigenvalue weighted by Crippen LogP contribution is -2.10. The number of thiophene rings is 1. The molecule has 4 nitrogen and oxygen atoms in total. The van der Waals surface area contributed by atoms with Crippen molar-refractivity contribution in [1.29, 1.82) is 0 Å². The number of carbonyl (C=O) groups is 1. The lowest BCUT2D eigenvalue weighted by Gasteiger charge is -2.02. The molecule has 0 radical (unpaired) electrons. The predicted molar refractivity (Wildman–Crippen MR) is 98.5 cm³/mol. The van der Waals surface area contributed by atoms with Gasteiger partial charge in [0.15, 0.2) is 0 Å². The quantitative estimate of drug-likeness (QED) is 0.396. The number of nitrogens with one attached hydrogen (secondary N) is 1. The van der Waals surface area contributed by atoms with E-state index in [4.69, 9.17) is 4.84 Å². The normalized spacial score (nSPS) is 10.7. The van der Waals surface area contributed by atoms with E-state index >= 15 is 0 Å². The van der Waals surface area contributed by atoms with Crippen molar-refractivity contribution in [2.75, 3.05) is 5.32 Å². The first-order valence-electron chi connectivity index (χ1n) is 7.49. The van der Waals surface area contributed by atoms with E-state index in [2.05, 4.69) is 34.1 Å². The minimum atomic E-state index is -0.606. The number of rotatable bonds is 5. The zero-order chi connectivity index (χ0) is 16.6. The molecule has 0 aliphatic rings. The Bertz CT molecular complexity index is 797. The monoisotopic (exact) mass is 336 g/mol. The summed E-state index contributed by atoms with van der Waals surface area (Å²) in [4.78, 5) is 17.6. The average Bonchev–Trinajstić information content (AvgIpc) is 3.15. The van der Waals surface area contributed by atoms with E-state index in [0.29, 0.717) is 12.1 Å². The number of oxime groups is 1. The summed E-state index contributed by atoms with van der Waals surface area (Å²) >= 11 is 1.72. The summed E-state index contributed by atoms with van der Waals surface area (Å²) in [5, 5.41) is 8.35. The number of nitrogens with zero attached hydrogens (tertiary/aromatic N) is 1. The number of benzene rings is 2. The van der Waals surface area contributed by atoms with E-state index in [1.165, 1.54) is 10.4 Å². The number of amides is 1. The Labute approximate surface area is 144 Å². The molecule has 24 heavy (non-hydrogen) atoms. The van der Waals surface area contributed by atoms with Gasteiger partial charge in [-0.1, -0.05) is 53.7 Å². The molecule has 2 aromatic carbocycles. The molecule has 0 aliphatic heterocycles. The molecule has 3 rings (SSSR count).